The van der Waals surface area contributed by atoms with Crippen LogP contribution in [0.5, 0.6) is 0 Å². The molecule has 0 bridgehead atoms. The van der Waals surface area contributed by atoms with Crippen LogP contribution in [-0.2, 0) is 15.0 Å². The SMILES string of the molecule is CC(C)C[C@@H]1C[C@H](C(=O)NCC(C)(C)c2ccccc2)CC(=O)N1. The number of amides is 2. The van der Waals surface area contributed by atoms with Gasteiger partial charge in [-0.05, 0) is 24.3 Å². The normalized spacial score (nSPS) is 21.5. The molecule has 4 nitrogen and oxygen atoms in total. The molecule has 1 aromatic carbocycles. The number of hydrogen-bond donors (Lipinski definition) is 2. The van der Waals surface area contributed by atoms with Gasteiger partial charge in [-0.15, -0.1) is 0 Å². The van der Waals surface area contributed by atoms with E-state index in [1.54, 1.807) is 0 Å². The highest BCUT2D eigenvalue weighted by Crippen LogP contribution is 2.24. The Kier molecular flexibility index (Phi) is 6.03. The number of rotatable bonds is 6. The second kappa shape index (κ2) is 7.82. The summed E-state index contributed by atoms with van der Waals surface area (Å²) in [5.41, 5.74) is 1.06. The summed E-state index contributed by atoms with van der Waals surface area (Å²) in [4.78, 5) is 24.5. The van der Waals surface area contributed by atoms with Crippen molar-refractivity contribution in [2.24, 2.45) is 11.8 Å². The Morgan fingerprint density at radius 1 is 1.29 bits per heavy atom. The van der Waals surface area contributed by atoms with E-state index in [9.17, 15) is 9.59 Å². The van der Waals surface area contributed by atoms with E-state index in [4.69, 9.17) is 0 Å². The van der Waals surface area contributed by atoms with Gasteiger partial charge in [0, 0.05) is 30.3 Å². The minimum Gasteiger partial charge on any atom is -0.355 e. The first-order chi connectivity index (χ1) is 11.3. The molecule has 0 saturated carbocycles. The summed E-state index contributed by atoms with van der Waals surface area (Å²) in [7, 11) is 0. The van der Waals surface area contributed by atoms with E-state index in [1.165, 1.54) is 5.56 Å². The van der Waals surface area contributed by atoms with Crippen LogP contribution in [0.2, 0.25) is 0 Å². The van der Waals surface area contributed by atoms with Crippen LogP contribution in [-0.4, -0.2) is 24.4 Å². The summed E-state index contributed by atoms with van der Waals surface area (Å²) < 4.78 is 0. The van der Waals surface area contributed by atoms with Gasteiger partial charge in [-0.25, -0.2) is 0 Å². The van der Waals surface area contributed by atoms with Crippen molar-refractivity contribution in [2.45, 2.75) is 58.4 Å². The number of benzene rings is 1. The third kappa shape index (κ3) is 5.08. The van der Waals surface area contributed by atoms with E-state index in [0.29, 0.717) is 18.9 Å². The third-order valence-corrected chi connectivity index (χ3v) is 4.75. The van der Waals surface area contributed by atoms with Crippen LogP contribution in [0.3, 0.4) is 0 Å². The molecule has 0 aliphatic carbocycles. The van der Waals surface area contributed by atoms with Gasteiger partial charge >= 0.3 is 0 Å². The summed E-state index contributed by atoms with van der Waals surface area (Å²) in [5, 5.41) is 6.08. The fourth-order valence-corrected chi connectivity index (χ4v) is 3.36. The van der Waals surface area contributed by atoms with E-state index in [0.717, 1.165) is 12.8 Å². The topological polar surface area (TPSA) is 58.2 Å². The average molecular weight is 330 g/mol. The largest absolute Gasteiger partial charge is 0.355 e. The number of nitrogens with one attached hydrogen (secondary N) is 2. The lowest BCUT2D eigenvalue weighted by Gasteiger charge is -2.31. The predicted octanol–water partition coefficient (Wildman–Crippen LogP) is 3.02. The maximum atomic E-state index is 12.6. The van der Waals surface area contributed by atoms with Crippen LogP contribution < -0.4 is 10.6 Å². The molecule has 1 heterocycles. The zero-order valence-corrected chi connectivity index (χ0v) is 15.3. The molecule has 0 aromatic heterocycles. The van der Waals surface area contributed by atoms with Crippen molar-refractivity contribution in [1.82, 2.24) is 10.6 Å². The monoisotopic (exact) mass is 330 g/mol. The van der Waals surface area contributed by atoms with Gasteiger partial charge in [0.1, 0.15) is 0 Å². The highest BCUT2D eigenvalue weighted by atomic mass is 16.2. The van der Waals surface area contributed by atoms with Gasteiger partial charge in [0.05, 0.1) is 0 Å². The highest BCUT2D eigenvalue weighted by molar-refractivity contribution is 5.87. The molecule has 1 fully saturated rings. The molecule has 132 valence electrons. The standard InChI is InChI=1S/C20H30N2O2/c1-14(2)10-17-11-15(12-18(23)22-17)19(24)21-13-20(3,4)16-8-6-5-7-9-16/h5-9,14-15,17H,10-13H2,1-4H3,(H,21,24)(H,22,23)/t15-,17+/m0/s1. The molecule has 1 aliphatic heterocycles. The van der Waals surface area contributed by atoms with Gasteiger partial charge in [-0.3, -0.25) is 9.59 Å². The van der Waals surface area contributed by atoms with Crippen molar-refractivity contribution in [3.05, 3.63) is 35.9 Å². The predicted molar refractivity (Wildman–Crippen MR) is 96.6 cm³/mol. The van der Waals surface area contributed by atoms with E-state index in [-0.39, 0.29) is 29.2 Å². The average Bonchev–Trinajstić information content (AvgIpc) is 2.52. The first-order valence-corrected chi connectivity index (χ1v) is 8.90. The fourth-order valence-electron chi connectivity index (χ4n) is 3.36. The Labute approximate surface area is 145 Å². The minimum atomic E-state index is -0.214. The fraction of sp³-hybridized carbons (Fsp3) is 0.600. The third-order valence-electron chi connectivity index (χ3n) is 4.75. The summed E-state index contributed by atoms with van der Waals surface area (Å²) >= 11 is 0. The quantitative estimate of drug-likeness (QED) is 0.842. The van der Waals surface area contributed by atoms with Crippen LogP contribution in [0.1, 0.15) is 52.5 Å². The van der Waals surface area contributed by atoms with E-state index >= 15 is 0 Å². The zero-order valence-electron chi connectivity index (χ0n) is 15.3. The highest BCUT2D eigenvalue weighted by Gasteiger charge is 2.32. The molecule has 2 amide bonds. The number of hydrogen-bond acceptors (Lipinski definition) is 2. The van der Waals surface area contributed by atoms with E-state index in [2.05, 4.69) is 50.5 Å². The Morgan fingerprint density at radius 3 is 2.58 bits per heavy atom. The molecule has 2 N–H and O–H groups in total. The van der Waals surface area contributed by atoms with Crippen molar-refractivity contribution in [1.29, 1.82) is 0 Å². The molecule has 0 radical (unpaired) electrons. The molecule has 2 atom stereocenters. The van der Waals surface area contributed by atoms with Crippen LogP contribution in [0.4, 0.5) is 0 Å². The molecule has 24 heavy (non-hydrogen) atoms. The molecular formula is C20H30N2O2. The Balaban J connectivity index is 1.93. The van der Waals surface area contributed by atoms with E-state index < -0.39 is 0 Å². The Bertz CT molecular complexity index is 566. The molecule has 2 rings (SSSR count). The lowest BCUT2D eigenvalue weighted by molar-refractivity contribution is -0.133. The number of carbonyl (C=O) groups excluding carboxylic acids is 2. The molecule has 0 unspecified atom stereocenters. The first-order valence-electron chi connectivity index (χ1n) is 8.90. The van der Waals surface area contributed by atoms with Crippen LogP contribution in [0.15, 0.2) is 30.3 Å². The Hall–Kier alpha value is -1.84. The van der Waals surface area contributed by atoms with Gasteiger partial charge in [0.2, 0.25) is 11.8 Å². The maximum absolute atomic E-state index is 12.6. The zero-order chi connectivity index (χ0) is 17.7. The smallest absolute Gasteiger partial charge is 0.223 e. The van der Waals surface area contributed by atoms with E-state index in [1.807, 2.05) is 18.2 Å². The lowest BCUT2D eigenvalue weighted by Crippen LogP contribution is -2.48. The van der Waals surface area contributed by atoms with Crippen molar-refractivity contribution >= 4 is 11.8 Å². The van der Waals surface area contributed by atoms with Gasteiger partial charge in [0.25, 0.3) is 0 Å². The second-order valence-electron chi connectivity index (χ2n) is 8.00. The maximum Gasteiger partial charge on any atom is 0.223 e. The molecule has 1 aromatic rings. The van der Waals surface area contributed by atoms with Gasteiger partial charge < -0.3 is 10.6 Å². The van der Waals surface area contributed by atoms with Crippen LogP contribution in [0, 0.1) is 11.8 Å². The van der Waals surface area contributed by atoms with Crippen LogP contribution in [0.25, 0.3) is 0 Å². The number of carbonyl (C=O) groups is 2. The summed E-state index contributed by atoms with van der Waals surface area (Å²) in [5.74, 6) is 0.292. The lowest BCUT2D eigenvalue weighted by atomic mass is 9.83. The number of piperidine rings is 1. The summed E-state index contributed by atoms with van der Waals surface area (Å²) in [6.07, 6.45) is 1.96. The van der Waals surface area contributed by atoms with Gasteiger partial charge in [-0.2, -0.15) is 0 Å². The van der Waals surface area contributed by atoms with Crippen molar-refractivity contribution < 1.29 is 9.59 Å². The van der Waals surface area contributed by atoms with Crippen molar-refractivity contribution in [3.63, 3.8) is 0 Å². The minimum absolute atomic E-state index is 0.00242. The molecule has 0 spiro atoms. The summed E-state index contributed by atoms with van der Waals surface area (Å²) in [6, 6.07) is 10.3. The molecule has 1 aliphatic rings. The molecular weight excluding hydrogens is 300 g/mol. The molecule has 1 saturated heterocycles. The van der Waals surface area contributed by atoms with Crippen molar-refractivity contribution in [3.8, 4) is 0 Å². The second-order valence-corrected chi connectivity index (χ2v) is 8.00. The van der Waals surface area contributed by atoms with Gasteiger partial charge in [-0.1, -0.05) is 58.0 Å². The van der Waals surface area contributed by atoms with Crippen LogP contribution >= 0.6 is 0 Å². The van der Waals surface area contributed by atoms with Gasteiger partial charge in [0.15, 0.2) is 0 Å². The summed E-state index contributed by atoms with van der Waals surface area (Å²) in [6.45, 7) is 9.09. The Morgan fingerprint density at radius 2 is 1.96 bits per heavy atom. The van der Waals surface area contributed by atoms with Crippen molar-refractivity contribution in [2.75, 3.05) is 6.54 Å². The molecule has 4 heteroatoms. The first kappa shape index (κ1) is 18.5.